The number of carbonyl (C=O) groups excluding carboxylic acids is 1. The molecule has 0 saturated carbocycles. The van der Waals surface area contributed by atoms with Crippen LogP contribution in [0.1, 0.15) is 35.8 Å². The number of amides is 1. The van der Waals surface area contributed by atoms with Crippen molar-refractivity contribution in [2.75, 3.05) is 26.7 Å². The largest absolute Gasteiger partial charge is 0.340 e. The molecule has 0 bridgehead atoms. The Balaban J connectivity index is 1.52. The highest BCUT2D eigenvalue weighted by Gasteiger charge is 2.32. The number of benzene rings is 1. The zero-order valence-electron chi connectivity index (χ0n) is 14.4. The lowest BCUT2D eigenvalue weighted by molar-refractivity contribution is 0.0570. The van der Waals surface area contributed by atoms with Gasteiger partial charge in [0.2, 0.25) is 0 Å². The fraction of sp³-hybridized carbons (Fsp3) is 0.474. The molecule has 0 unspecified atom stereocenters. The highest BCUT2D eigenvalue weighted by Crippen LogP contribution is 2.32. The molecule has 24 heavy (non-hydrogen) atoms. The highest BCUT2D eigenvalue weighted by atomic mass is 32.1. The second kappa shape index (κ2) is 7.45. The SMILES string of the molecule is CN(CC1(C)CCN(Cc2ccccc2)CC1)C(=O)c1cscn1. The van der Waals surface area contributed by atoms with Gasteiger partial charge in [-0.3, -0.25) is 9.69 Å². The summed E-state index contributed by atoms with van der Waals surface area (Å²) in [5, 5.41) is 1.82. The van der Waals surface area contributed by atoms with E-state index in [-0.39, 0.29) is 11.3 Å². The second-order valence-electron chi connectivity index (χ2n) is 7.11. The molecule has 1 aliphatic heterocycles. The van der Waals surface area contributed by atoms with E-state index in [1.54, 1.807) is 5.51 Å². The third-order valence-electron chi connectivity index (χ3n) is 4.93. The minimum absolute atomic E-state index is 0.0317. The Morgan fingerprint density at radius 1 is 1.29 bits per heavy atom. The maximum atomic E-state index is 12.4. The lowest BCUT2D eigenvalue weighted by Gasteiger charge is -2.41. The van der Waals surface area contributed by atoms with Crippen molar-refractivity contribution >= 4 is 17.2 Å². The Bertz CT molecular complexity index is 649. The van der Waals surface area contributed by atoms with Gasteiger partial charge in [-0.05, 0) is 36.9 Å². The summed E-state index contributed by atoms with van der Waals surface area (Å²) >= 11 is 1.47. The number of nitrogens with zero attached hydrogens (tertiary/aromatic N) is 3. The van der Waals surface area contributed by atoms with Gasteiger partial charge in [-0.2, -0.15) is 0 Å². The molecule has 1 saturated heterocycles. The summed E-state index contributed by atoms with van der Waals surface area (Å²) < 4.78 is 0. The first-order valence-corrected chi connectivity index (χ1v) is 9.40. The maximum Gasteiger partial charge on any atom is 0.273 e. The quantitative estimate of drug-likeness (QED) is 0.833. The van der Waals surface area contributed by atoms with Crippen molar-refractivity contribution < 1.29 is 4.79 Å². The molecule has 1 aromatic carbocycles. The normalized spacial score (nSPS) is 17.6. The van der Waals surface area contributed by atoms with Crippen LogP contribution in [0.5, 0.6) is 0 Å². The van der Waals surface area contributed by atoms with Crippen LogP contribution in [0.3, 0.4) is 0 Å². The molecule has 128 valence electrons. The van der Waals surface area contributed by atoms with Crippen molar-refractivity contribution in [1.82, 2.24) is 14.8 Å². The van der Waals surface area contributed by atoms with Crippen molar-refractivity contribution in [3.05, 3.63) is 52.5 Å². The van der Waals surface area contributed by atoms with Gasteiger partial charge in [0.05, 0.1) is 5.51 Å². The third kappa shape index (κ3) is 4.22. The Kier molecular flexibility index (Phi) is 5.31. The van der Waals surface area contributed by atoms with Gasteiger partial charge in [0.15, 0.2) is 0 Å². The average Bonchev–Trinajstić information content (AvgIpc) is 3.12. The van der Waals surface area contributed by atoms with E-state index in [4.69, 9.17) is 0 Å². The predicted molar refractivity (Wildman–Crippen MR) is 98.1 cm³/mol. The average molecular weight is 343 g/mol. The number of carbonyl (C=O) groups is 1. The summed E-state index contributed by atoms with van der Waals surface area (Å²) in [6, 6.07) is 10.6. The standard InChI is InChI=1S/C19H25N3OS/c1-19(14-21(2)18(23)17-13-24-15-20-17)8-10-22(11-9-19)12-16-6-4-3-5-7-16/h3-7,13,15H,8-12,14H2,1-2H3. The van der Waals surface area contributed by atoms with E-state index < -0.39 is 0 Å². The van der Waals surface area contributed by atoms with Crippen LogP contribution in [0.25, 0.3) is 0 Å². The molecule has 0 aliphatic carbocycles. The van der Waals surface area contributed by atoms with Crippen LogP contribution >= 0.6 is 11.3 Å². The second-order valence-corrected chi connectivity index (χ2v) is 7.83. The van der Waals surface area contributed by atoms with Gasteiger partial charge in [0.25, 0.3) is 5.91 Å². The topological polar surface area (TPSA) is 36.4 Å². The van der Waals surface area contributed by atoms with E-state index in [1.807, 2.05) is 17.3 Å². The Morgan fingerprint density at radius 2 is 2.00 bits per heavy atom. The van der Waals surface area contributed by atoms with E-state index in [0.717, 1.165) is 39.0 Å². The minimum Gasteiger partial charge on any atom is -0.340 e. The molecule has 1 aliphatic rings. The molecular weight excluding hydrogens is 318 g/mol. The van der Waals surface area contributed by atoms with Gasteiger partial charge in [-0.15, -0.1) is 11.3 Å². The number of aromatic nitrogens is 1. The fourth-order valence-electron chi connectivity index (χ4n) is 3.41. The summed E-state index contributed by atoms with van der Waals surface area (Å²) in [4.78, 5) is 20.9. The van der Waals surface area contributed by atoms with Gasteiger partial charge in [-0.25, -0.2) is 4.98 Å². The molecule has 2 heterocycles. The number of thiazole rings is 1. The molecule has 1 amide bonds. The summed E-state index contributed by atoms with van der Waals surface area (Å²) in [5.41, 5.74) is 3.84. The minimum atomic E-state index is 0.0317. The van der Waals surface area contributed by atoms with Crippen LogP contribution in [-0.4, -0.2) is 47.4 Å². The zero-order chi connectivity index (χ0) is 17.0. The lowest BCUT2D eigenvalue weighted by Crippen LogP contribution is -2.45. The number of piperidine rings is 1. The van der Waals surface area contributed by atoms with Crippen molar-refractivity contribution in [2.45, 2.75) is 26.3 Å². The van der Waals surface area contributed by atoms with E-state index in [9.17, 15) is 4.79 Å². The molecule has 2 aromatic rings. The van der Waals surface area contributed by atoms with E-state index in [0.29, 0.717) is 5.69 Å². The summed E-state index contributed by atoms with van der Waals surface area (Å²) in [5.74, 6) is 0.0317. The van der Waals surface area contributed by atoms with Crippen molar-refractivity contribution in [3.63, 3.8) is 0 Å². The Morgan fingerprint density at radius 3 is 2.62 bits per heavy atom. The van der Waals surface area contributed by atoms with Crippen LogP contribution in [0.15, 0.2) is 41.2 Å². The number of hydrogen-bond donors (Lipinski definition) is 0. The molecule has 4 nitrogen and oxygen atoms in total. The number of rotatable bonds is 5. The smallest absolute Gasteiger partial charge is 0.273 e. The molecular formula is C19H25N3OS. The van der Waals surface area contributed by atoms with E-state index in [2.05, 4.69) is 47.1 Å². The third-order valence-corrected chi connectivity index (χ3v) is 5.52. The highest BCUT2D eigenvalue weighted by molar-refractivity contribution is 7.07. The Labute approximate surface area is 148 Å². The van der Waals surface area contributed by atoms with Gasteiger partial charge < -0.3 is 4.90 Å². The lowest BCUT2D eigenvalue weighted by atomic mass is 9.79. The molecule has 0 N–H and O–H groups in total. The summed E-state index contributed by atoms with van der Waals surface area (Å²) in [6.07, 6.45) is 2.24. The molecule has 0 atom stereocenters. The van der Waals surface area contributed by atoms with Crippen LogP contribution in [-0.2, 0) is 6.54 Å². The molecule has 0 radical (unpaired) electrons. The van der Waals surface area contributed by atoms with Crippen LogP contribution in [0.4, 0.5) is 0 Å². The maximum absolute atomic E-state index is 12.4. The summed E-state index contributed by atoms with van der Waals surface area (Å²) in [6.45, 7) is 6.29. The van der Waals surface area contributed by atoms with E-state index in [1.165, 1.54) is 16.9 Å². The first-order chi connectivity index (χ1) is 11.6. The fourth-order valence-corrected chi connectivity index (χ4v) is 3.93. The molecule has 1 aromatic heterocycles. The van der Waals surface area contributed by atoms with Crippen molar-refractivity contribution in [1.29, 1.82) is 0 Å². The first-order valence-electron chi connectivity index (χ1n) is 8.46. The molecule has 0 spiro atoms. The monoisotopic (exact) mass is 343 g/mol. The predicted octanol–water partition coefficient (Wildman–Crippen LogP) is 3.52. The first kappa shape index (κ1) is 17.1. The van der Waals surface area contributed by atoms with Gasteiger partial charge in [0, 0.05) is 25.5 Å². The van der Waals surface area contributed by atoms with Crippen LogP contribution in [0.2, 0.25) is 0 Å². The number of hydrogen-bond acceptors (Lipinski definition) is 4. The van der Waals surface area contributed by atoms with Crippen LogP contribution in [0, 0.1) is 5.41 Å². The Hall–Kier alpha value is -1.72. The van der Waals surface area contributed by atoms with E-state index >= 15 is 0 Å². The van der Waals surface area contributed by atoms with Crippen molar-refractivity contribution in [2.24, 2.45) is 5.41 Å². The van der Waals surface area contributed by atoms with Gasteiger partial charge >= 0.3 is 0 Å². The molecule has 1 fully saturated rings. The van der Waals surface area contributed by atoms with Gasteiger partial charge in [-0.1, -0.05) is 37.3 Å². The molecule has 5 heteroatoms. The van der Waals surface area contributed by atoms with Crippen LogP contribution < -0.4 is 0 Å². The van der Waals surface area contributed by atoms with Crippen molar-refractivity contribution in [3.8, 4) is 0 Å². The number of likely N-dealkylation sites (tertiary alicyclic amines) is 1. The molecule has 3 rings (SSSR count). The zero-order valence-corrected chi connectivity index (χ0v) is 15.3. The van der Waals surface area contributed by atoms with Gasteiger partial charge in [0.1, 0.15) is 5.69 Å². The summed E-state index contributed by atoms with van der Waals surface area (Å²) in [7, 11) is 1.89.